The SMILES string of the molecule is Cc1nc2ccc(C(=O)NC(C)c3ccc(NC(=O)C4CC4)cc3)cc2nc1C. The van der Waals surface area contributed by atoms with Gasteiger partial charge in [-0.05, 0) is 69.5 Å². The first kappa shape index (κ1) is 19.1. The van der Waals surface area contributed by atoms with Crippen molar-refractivity contribution in [1.29, 1.82) is 0 Å². The van der Waals surface area contributed by atoms with Crippen molar-refractivity contribution in [2.24, 2.45) is 5.92 Å². The van der Waals surface area contributed by atoms with E-state index in [1.165, 1.54) is 0 Å². The molecule has 0 radical (unpaired) electrons. The number of amides is 2. The largest absolute Gasteiger partial charge is 0.346 e. The summed E-state index contributed by atoms with van der Waals surface area (Å²) in [5.74, 6) is 0.0988. The van der Waals surface area contributed by atoms with Gasteiger partial charge in [-0.2, -0.15) is 0 Å². The number of fused-ring (bicyclic) bond motifs is 1. The number of nitrogens with one attached hydrogen (secondary N) is 2. The van der Waals surface area contributed by atoms with E-state index < -0.39 is 0 Å². The van der Waals surface area contributed by atoms with E-state index in [9.17, 15) is 9.59 Å². The van der Waals surface area contributed by atoms with Crippen LogP contribution in [0.15, 0.2) is 42.5 Å². The number of aryl methyl sites for hydroxylation is 2. The van der Waals surface area contributed by atoms with E-state index in [1.807, 2.05) is 51.1 Å². The van der Waals surface area contributed by atoms with Gasteiger partial charge < -0.3 is 10.6 Å². The number of aromatic nitrogens is 2. The Labute approximate surface area is 169 Å². The van der Waals surface area contributed by atoms with Crippen molar-refractivity contribution in [2.45, 2.75) is 39.7 Å². The van der Waals surface area contributed by atoms with Crippen LogP contribution in [0.5, 0.6) is 0 Å². The van der Waals surface area contributed by atoms with Crippen molar-refractivity contribution in [3.05, 3.63) is 65.0 Å². The van der Waals surface area contributed by atoms with Gasteiger partial charge in [0.15, 0.2) is 0 Å². The van der Waals surface area contributed by atoms with E-state index in [2.05, 4.69) is 20.6 Å². The van der Waals surface area contributed by atoms with Crippen LogP contribution in [0.2, 0.25) is 0 Å². The van der Waals surface area contributed by atoms with Crippen molar-refractivity contribution < 1.29 is 9.59 Å². The summed E-state index contributed by atoms with van der Waals surface area (Å²) in [6, 6.07) is 12.8. The van der Waals surface area contributed by atoms with Gasteiger partial charge in [0.25, 0.3) is 5.91 Å². The van der Waals surface area contributed by atoms with Gasteiger partial charge >= 0.3 is 0 Å². The summed E-state index contributed by atoms with van der Waals surface area (Å²) in [6.45, 7) is 5.77. The maximum Gasteiger partial charge on any atom is 0.251 e. The van der Waals surface area contributed by atoms with Crippen LogP contribution in [0, 0.1) is 19.8 Å². The molecule has 0 spiro atoms. The Kier molecular flexibility index (Phi) is 5.01. The van der Waals surface area contributed by atoms with Crippen molar-refractivity contribution in [2.75, 3.05) is 5.32 Å². The third kappa shape index (κ3) is 4.26. The average Bonchev–Trinajstić information content (AvgIpc) is 3.54. The first-order valence-corrected chi connectivity index (χ1v) is 9.87. The number of hydrogen-bond acceptors (Lipinski definition) is 4. The van der Waals surface area contributed by atoms with E-state index in [0.717, 1.165) is 41.0 Å². The van der Waals surface area contributed by atoms with Gasteiger partial charge in [0.05, 0.1) is 28.5 Å². The summed E-state index contributed by atoms with van der Waals surface area (Å²) < 4.78 is 0. The summed E-state index contributed by atoms with van der Waals surface area (Å²) in [5.41, 5.74) is 5.54. The third-order valence-corrected chi connectivity index (χ3v) is 5.31. The van der Waals surface area contributed by atoms with Crippen molar-refractivity contribution >= 4 is 28.5 Å². The van der Waals surface area contributed by atoms with Crippen LogP contribution in [0.3, 0.4) is 0 Å². The molecule has 29 heavy (non-hydrogen) atoms. The zero-order valence-corrected chi connectivity index (χ0v) is 16.8. The van der Waals surface area contributed by atoms with Gasteiger partial charge in [-0.1, -0.05) is 12.1 Å². The van der Waals surface area contributed by atoms with Crippen LogP contribution in [-0.4, -0.2) is 21.8 Å². The molecule has 1 saturated carbocycles. The van der Waals surface area contributed by atoms with Crippen LogP contribution in [0.4, 0.5) is 5.69 Å². The molecule has 2 amide bonds. The van der Waals surface area contributed by atoms with Crippen molar-refractivity contribution in [3.8, 4) is 0 Å². The van der Waals surface area contributed by atoms with Crippen LogP contribution >= 0.6 is 0 Å². The lowest BCUT2D eigenvalue weighted by Gasteiger charge is -2.15. The second kappa shape index (κ2) is 7.62. The quantitative estimate of drug-likeness (QED) is 0.690. The van der Waals surface area contributed by atoms with Crippen LogP contribution in [0.25, 0.3) is 11.0 Å². The highest BCUT2D eigenvalue weighted by Gasteiger charge is 2.29. The third-order valence-electron chi connectivity index (χ3n) is 5.31. The predicted octanol–water partition coefficient (Wildman–Crippen LogP) is 4.09. The second-order valence-electron chi connectivity index (χ2n) is 7.68. The van der Waals surface area contributed by atoms with E-state index in [0.29, 0.717) is 11.1 Å². The number of hydrogen-bond donors (Lipinski definition) is 2. The molecule has 1 aromatic heterocycles. The number of nitrogens with zero attached hydrogens (tertiary/aromatic N) is 2. The highest BCUT2D eigenvalue weighted by atomic mass is 16.2. The molecule has 1 atom stereocenters. The van der Waals surface area contributed by atoms with Crippen LogP contribution < -0.4 is 10.6 Å². The minimum absolute atomic E-state index is 0.0870. The zero-order chi connectivity index (χ0) is 20.5. The van der Waals surface area contributed by atoms with Crippen LogP contribution in [-0.2, 0) is 4.79 Å². The Morgan fingerprint density at radius 1 is 0.966 bits per heavy atom. The fourth-order valence-electron chi connectivity index (χ4n) is 3.18. The normalized spacial score (nSPS) is 14.4. The minimum atomic E-state index is -0.169. The molecule has 0 saturated heterocycles. The Hall–Kier alpha value is -3.28. The Morgan fingerprint density at radius 3 is 2.28 bits per heavy atom. The molecule has 6 heteroatoms. The topological polar surface area (TPSA) is 84.0 Å². The first-order chi connectivity index (χ1) is 13.9. The maximum atomic E-state index is 12.7. The fraction of sp³-hybridized carbons (Fsp3) is 0.304. The molecule has 1 heterocycles. The number of benzene rings is 2. The summed E-state index contributed by atoms with van der Waals surface area (Å²) >= 11 is 0. The monoisotopic (exact) mass is 388 g/mol. The zero-order valence-electron chi connectivity index (χ0n) is 16.8. The highest BCUT2D eigenvalue weighted by molar-refractivity contribution is 5.97. The molecule has 1 aliphatic rings. The number of rotatable bonds is 5. The Balaban J connectivity index is 1.44. The summed E-state index contributed by atoms with van der Waals surface area (Å²) in [7, 11) is 0. The van der Waals surface area contributed by atoms with Crippen molar-refractivity contribution in [1.82, 2.24) is 15.3 Å². The minimum Gasteiger partial charge on any atom is -0.346 e. The number of anilines is 1. The Morgan fingerprint density at radius 2 is 1.62 bits per heavy atom. The van der Waals surface area contributed by atoms with E-state index in [1.54, 1.807) is 12.1 Å². The molecule has 2 N–H and O–H groups in total. The summed E-state index contributed by atoms with van der Waals surface area (Å²) in [5, 5.41) is 5.94. The lowest BCUT2D eigenvalue weighted by atomic mass is 10.1. The number of carbonyl (C=O) groups is 2. The predicted molar refractivity (Wildman–Crippen MR) is 113 cm³/mol. The molecule has 4 rings (SSSR count). The molecule has 148 valence electrons. The maximum absolute atomic E-state index is 12.7. The van der Waals surface area contributed by atoms with Gasteiger partial charge in [-0.15, -0.1) is 0 Å². The molecule has 0 aliphatic heterocycles. The first-order valence-electron chi connectivity index (χ1n) is 9.87. The summed E-state index contributed by atoms with van der Waals surface area (Å²) in [6.07, 6.45) is 1.96. The highest BCUT2D eigenvalue weighted by Crippen LogP contribution is 2.30. The van der Waals surface area contributed by atoms with E-state index in [-0.39, 0.29) is 23.8 Å². The molecular formula is C23H24N4O2. The smallest absolute Gasteiger partial charge is 0.251 e. The Bertz CT molecular complexity index is 1090. The van der Waals surface area contributed by atoms with Crippen molar-refractivity contribution in [3.63, 3.8) is 0 Å². The lowest BCUT2D eigenvalue weighted by Crippen LogP contribution is -2.26. The van der Waals surface area contributed by atoms with E-state index in [4.69, 9.17) is 0 Å². The van der Waals surface area contributed by atoms with E-state index >= 15 is 0 Å². The number of carbonyl (C=O) groups excluding carboxylic acids is 2. The van der Waals surface area contributed by atoms with Gasteiger partial charge in [-0.3, -0.25) is 9.59 Å². The van der Waals surface area contributed by atoms with Gasteiger partial charge in [-0.25, -0.2) is 9.97 Å². The van der Waals surface area contributed by atoms with Gasteiger partial charge in [0.2, 0.25) is 5.91 Å². The molecule has 0 bridgehead atoms. The molecule has 1 fully saturated rings. The lowest BCUT2D eigenvalue weighted by molar-refractivity contribution is -0.117. The molecule has 1 aliphatic carbocycles. The molecular weight excluding hydrogens is 364 g/mol. The summed E-state index contributed by atoms with van der Waals surface area (Å²) in [4.78, 5) is 33.6. The molecule has 2 aromatic carbocycles. The molecule has 3 aromatic rings. The molecule has 6 nitrogen and oxygen atoms in total. The fourth-order valence-corrected chi connectivity index (χ4v) is 3.18. The average molecular weight is 388 g/mol. The van der Waals surface area contributed by atoms with Gasteiger partial charge in [0.1, 0.15) is 0 Å². The van der Waals surface area contributed by atoms with Gasteiger partial charge in [0, 0.05) is 17.2 Å². The van der Waals surface area contributed by atoms with Crippen LogP contribution in [0.1, 0.15) is 53.1 Å². The standard InChI is InChI=1S/C23H24N4O2/c1-13-14(2)25-21-12-18(8-11-20(21)24-13)23(29)26-15(3)16-6-9-19(10-7-16)27-22(28)17-4-5-17/h6-12,15,17H,4-5H2,1-3H3,(H,26,29)(H,27,28). The second-order valence-corrected chi connectivity index (χ2v) is 7.68. The molecule has 1 unspecified atom stereocenters.